The zero-order chi connectivity index (χ0) is 13.9. The molecule has 1 unspecified atom stereocenters. The first-order valence-electron chi connectivity index (χ1n) is 6.89. The van der Waals surface area contributed by atoms with Crippen LogP contribution in [-0.2, 0) is 0 Å². The minimum Gasteiger partial charge on any atom is -0.378 e. The summed E-state index contributed by atoms with van der Waals surface area (Å²) in [7, 11) is 0. The number of thiazole rings is 1. The molecule has 2 nitrogen and oxygen atoms in total. The lowest BCUT2D eigenvalue weighted by atomic mass is 9.96. The van der Waals surface area contributed by atoms with Gasteiger partial charge in [0.25, 0.3) is 0 Å². The molecule has 0 saturated carbocycles. The molecule has 0 aliphatic rings. The summed E-state index contributed by atoms with van der Waals surface area (Å²) in [6.07, 6.45) is 0. The third-order valence-corrected chi connectivity index (χ3v) is 4.27. The molecule has 0 saturated heterocycles. The van der Waals surface area contributed by atoms with Gasteiger partial charge in [-0.1, -0.05) is 44.2 Å². The summed E-state index contributed by atoms with van der Waals surface area (Å²) in [6, 6.07) is 17.3. The van der Waals surface area contributed by atoms with Crippen LogP contribution in [0.3, 0.4) is 0 Å². The molecule has 0 amide bonds. The molecule has 3 aromatic rings. The van der Waals surface area contributed by atoms with Crippen LogP contribution >= 0.6 is 11.3 Å². The average molecular weight is 282 g/mol. The molecule has 0 bridgehead atoms. The van der Waals surface area contributed by atoms with E-state index in [1.807, 2.05) is 5.51 Å². The van der Waals surface area contributed by atoms with E-state index in [1.54, 1.807) is 11.3 Å². The molecular formula is C17H18N2S. The maximum atomic E-state index is 4.32. The highest BCUT2D eigenvalue weighted by Gasteiger charge is 2.15. The molecule has 0 fully saturated rings. The van der Waals surface area contributed by atoms with Crippen molar-refractivity contribution in [3.63, 3.8) is 0 Å². The third-order valence-electron chi connectivity index (χ3n) is 3.48. The zero-order valence-corrected chi connectivity index (χ0v) is 12.5. The van der Waals surface area contributed by atoms with Gasteiger partial charge < -0.3 is 5.32 Å². The molecule has 102 valence electrons. The first-order chi connectivity index (χ1) is 9.74. The van der Waals surface area contributed by atoms with E-state index in [0.29, 0.717) is 12.0 Å². The van der Waals surface area contributed by atoms with Crippen LogP contribution in [0.1, 0.15) is 25.5 Å². The molecule has 0 aliphatic carbocycles. The lowest BCUT2D eigenvalue weighted by Crippen LogP contribution is -2.16. The molecule has 1 atom stereocenters. The maximum Gasteiger partial charge on any atom is 0.0813 e. The first kappa shape index (κ1) is 13.1. The Morgan fingerprint density at radius 3 is 2.60 bits per heavy atom. The summed E-state index contributed by atoms with van der Waals surface area (Å²) in [6.45, 7) is 4.49. The molecule has 1 N–H and O–H groups in total. The maximum absolute atomic E-state index is 4.32. The topological polar surface area (TPSA) is 24.9 Å². The summed E-state index contributed by atoms with van der Waals surface area (Å²) in [5, 5.41) is 3.66. The third kappa shape index (κ3) is 2.68. The number of nitrogens with one attached hydrogen (secondary N) is 1. The van der Waals surface area contributed by atoms with Gasteiger partial charge >= 0.3 is 0 Å². The van der Waals surface area contributed by atoms with Crippen molar-refractivity contribution in [2.45, 2.75) is 19.9 Å². The van der Waals surface area contributed by atoms with E-state index >= 15 is 0 Å². The van der Waals surface area contributed by atoms with Gasteiger partial charge in [-0.2, -0.15) is 0 Å². The largest absolute Gasteiger partial charge is 0.378 e. The minimum absolute atomic E-state index is 0.321. The van der Waals surface area contributed by atoms with Crippen molar-refractivity contribution in [2.24, 2.45) is 5.92 Å². The van der Waals surface area contributed by atoms with Crippen LogP contribution in [0.2, 0.25) is 0 Å². The van der Waals surface area contributed by atoms with E-state index in [0.717, 1.165) is 11.2 Å². The monoisotopic (exact) mass is 282 g/mol. The van der Waals surface area contributed by atoms with Gasteiger partial charge in [0.2, 0.25) is 0 Å². The highest BCUT2D eigenvalue weighted by Crippen LogP contribution is 2.29. The molecule has 3 rings (SSSR count). The molecular weight excluding hydrogens is 264 g/mol. The van der Waals surface area contributed by atoms with Crippen LogP contribution in [0.5, 0.6) is 0 Å². The van der Waals surface area contributed by atoms with Gasteiger partial charge in [-0.3, -0.25) is 0 Å². The van der Waals surface area contributed by atoms with Crippen molar-refractivity contribution in [2.75, 3.05) is 5.32 Å². The van der Waals surface area contributed by atoms with Crippen molar-refractivity contribution < 1.29 is 0 Å². The molecule has 1 aromatic heterocycles. The van der Waals surface area contributed by atoms with E-state index in [2.05, 4.69) is 72.7 Å². The van der Waals surface area contributed by atoms with E-state index in [-0.39, 0.29) is 0 Å². The predicted octanol–water partition coefficient (Wildman–Crippen LogP) is 5.11. The van der Waals surface area contributed by atoms with Gasteiger partial charge in [0.05, 0.1) is 21.8 Å². The van der Waals surface area contributed by atoms with Crippen LogP contribution in [0.4, 0.5) is 5.69 Å². The number of aromatic nitrogens is 1. The summed E-state index contributed by atoms with van der Waals surface area (Å²) in [5.74, 6) is 0.523. The molecule has 0 spiro atoms. The van der Waals surface area contributed by atoms with Gasteiger partial charge in [0.1, 0.15) is 0 Å². The Bertz CT molecular complexity index is 688. The second kappa shape index (κ2) is 5.63. The minimum atomic E-state index is 0.321. The number of fused-ring (bicyclic) bond motifs is 1. The SMILES string of the molecule is CC(C)C(Nc1ccc2ncsc2c1)c1ccccc1. The van der Waals surface area contributed by atoms with Crippen LogP contribution in [-0.4, -0.2) is 4.98 Å². The van der Waals surface area contributed by atoms with Crippen molar-refractivity contribution in [3.05, 3.63) is 59.6 Å². The van der Waals surface area contributed by atoms with Gasteiger partial charge in [-0.25, -0.2) is 4.98 Å². The quantitative estimate of drug-likeness (QED) is 0.719. The summed E-state index contributed by atoms with van der Waals surface area (Å²) in [4.78, 5) is 4.32. The lowest BCUT2D eigenvalue weighted by Gasteiger charge is -2.24. The number of benzene rings is 2. The standard InChI is InChI=1S/C17H18N2S/c1-12(2)17(13-6-4-3-5-7-13)19-14-8-9-15-16(10-14)20-11-18-15/h3-12,17,19H,1-2H3. The number of anilines is 1. The van der Waals surface area contributed by atoms with Crippen LogP contribution in [0.15, 0.2) is 54.0 Å². The van der Waals surface area contributed by atoms with Gasteiger partial charge in [-0.15, -0.1) is 11.3 Å². The Kier molecular flexibility index (Phi) is 3.70. The summed E-state index contributed by atoms with van der Waals surface area (Å²) < 4.78 is 1.23. The second-order valence-electron chi connectivity index (χ2n) is 5.31. The molecule has 20 heavy (non-hydrogen) atoms. The van der Waals surface area contributed by atoms with Gasteiger partial charge in [-0.05, 0) is 29.7 Å². The first-order valence-corrected chi connectivity index (χ1v) is 7.77. The summed E-state index contributed by atoms with van der Waals surface area (Å²) in [5.41, 5.74) is 5.45. The number of nitrogens with zero attached hydrogens (tertiary/aromatic N) is 1. The van der Waals surface area contributed by atoms with Crippen molar-refractivity contribution >= 4 is 27.2 Å². The Balaban J connectivity index is 1.89. The molecule has 1 heterocycles. The Labute approximate surface area is 123 Å². The van der Waals surface area contributed by atoms with E-state index < -0.39 is 0 Å². The van der Waals surface area contributed by atoms with Crippen LogP contribution < -0.4 is 5.32 Å². The van der Waals surface area contributed by atoms with Crippen molar-refractivity contribution in [1.29, 1.82) is 0 Å². The van der Waals surface area contributed by atoms with Crippen LogP contribution in [0.25, 0.3) is 10.2 Å². The normalized spacial score (nSPS) is 12.8. The smallest absolute Gasteiger partial charge is 0.0813 e. The number of hydrogen-bond acceptors (Lipinski definition) is 3. The predicted molar refractivity (Wildman–Crippen MR) is 87.3 cm³/mol. The Hall–Kier alpha value is -1.87. The number of hydrogen-bond donors (Lipinski definition) is 1. The average Bonchev–Trinajstić information content (AvgIpc) is 2.93. The van der Waals surface area contributed by atoms with Gasteiger partial charge in [0.15, 0.2) is 0 Å². The number of rotatable bonds is 4. The molecule has 0 aliphatic heterocycles. The Morgan fingerprint density at radius 1 is 1.05 bits per heavy atom. The van der Waals surface area contributed by atoms with Crippen molar-refractivity contribution in [1.82, 2.24) is 4.98 Å². The fourth-order valence-electron chi connectivity index (χ4n) is 2.42. The van der Waals surface area contributed by atoms with E-state index in [9.17, 15) is 0 Å². The molecule has 2 aromatic carbocycles. The Morgan fingerprint density at radius 2 is 1.85 bits per heavy atom. The molecule has 3 heteroatoms. The zero-order valence-electron chi connectivity index (χ0n) is 11.7. The van der Waals surface area contributed by atoms with E-state index in [1.165, 1.54) is 10.3 Å². The van der Waals surface area contributed by atoms with Gasteiger partial charge in [0, 0.05) is 5.69 Å². The lowest BCUT2D eigenvalue weighted by molar-refractivity contribution is 0.546. The highest BCUT2D eigenvalue weighted by atomic mass is 32.1. The fourth-order valence-corrected chi connectivity index (χ4v) is 3.14. The molecule has 0 radical (unpaired) electrons. The fraction of sp³-hybridized carbons (Fsp3) is 0.235. The van der Waals surface area contributed by atoms with E-state index in [4.69, 9.17) is 0 Å². The highest BCUT2D eigenvalue weighted by molar-refractivity contribution is 7.16. The summed E-state index contributed by atoms with van der Waals surface area (Å²) >= 11 is 1.68. The van der Waals surface area contributed by atoms with Crippen LogP contribution in [0, 0.1) is 5.92 Å². The van der Waals surface area contributed by atoms with Crippen molar-refractivity contribution in [3.8, 4) is 0 Å². The second-order valence-corrected chi connectivity index (χ2v) is 6.20.